The highest BCUT2D eigenvalue weighted by Gasteiger charge is 2.08. The Labute approximate surface area is 254 Å². The van der Waals surface area contributed by atoms with Gasteiger partial charge in [0.1, 0.15) is 0 Å². The van der Waals surface area contributed by atoms with Gasteiger partial charge in [0, 0.05) is 38.7 Å². The number of ketones is 1. The summed E-state index contributed by atoms with van der Waals surface area (Å²) in [4.78, 5) is 33.4. The van der Waals surface area contributed by atoms with Crippen molar-refractivity contribution in [1.29, 1.82) is 0 Å². The third kappa shape index (κ3) is 18.4. The van der Waals surface area contributed by atoms with E-state index >= 15 is 0 Å². The van der Waals surface area contributed by atoms with Gasteiger partial charge < -0.3 is 14.6 Å². The molecule has 0 aliphatic carbocycles. The number of hydrogen-bond donors (Lipinski definition) is 1. The van der Waals surface area contributed by atoms with Crippen molar-refractivity contribution in [3.8, 4) is 0 Å². The quantitative estimate of drug-likeness (QED) is 0.0956. The Morgan fingerprint density at radius 2 is 1.10 bits per heavy atom. The normalized spacial score (nSPS) is 11.3. The standard InChI is InChI=1S/C18H28O3.C18H26O3/c2*1-3-4-5-6-7-8-18(20)17-11-9-16(10-12-17)13-14-21-15(2)19/h9-12,18,20H,3-8,13-14H2,1-2H3;9-12H,3-8,13-14H2,1-2H3. The lowest BCUT2D eigenvalue weighted by Gasteiger charge is -2.11. The molecule has 0 amide bonds. The Hall–Kier alpha value is -2.99. The van der Waals surface area contributed by atoms with E-state index in [2.05, 4.69) is 13.8 Å². The fraction of sp³-hybridized carbons (Fsp3) is 0.583. The molecule has 6 nitrogen and oxygen atoms in total. The minimum absolute atomic E-state index is 0.220. The summed E-state index contributed by atoms with van der Waals surface area (Å²) in [6.45, 7) is 8.02. The van der Waals surface area contributed by atoms with E-state index in [-0.39, 0.29) is 23.8 Å². The molecule has 0 bridgehead atoms. The minimum Gasteiger partial charge on any atom is -0.466 e. The summed E-state index contributed by atoms with van der Waals surface area (Å²) in [7, 11) is 0. The molecule has 6 heteroatoms. The number of hydrogen-bond acceptors (Lipinski definition) is 6. The number of ether oxygens (including phenoxy) is 2. The number of benzene rings is 2. The molecular formula is C36H54O6. The predicted octanol–water partition coefficient (Wildman–Crippen LogP) is 8.52. The van der Waals surface area contributed by atoms with Gasteiger partial charge in [-0.3, -0.25) is 14.4 Å². The number of aliphatic hydroxyl groups is 1. The molecule has 0 aliphatic heterocycles. The Kier molecular flexibility index (Phi) is 20.8. The lowest BCUT2D eigenvalue weighted by Crippen LogP contribution is -2.04. The van der Waals surface area contributed by atoms with Crippen molar-refractivity contribution in [3.63, 3.8) is 0 Å². The zero-order valence-electron chi connectivity index (χ0n) is 26.5. The molecule has 1 N–H and O–H groups in total. The number of carbonyl (C=O) groups excluding carboxylic acids is 3. The van der Waals surface area contributed by atoms with Crippen LogP contribution in [0.2, 0.25) is 0 Å². The van der Waals surface area contributed by atoms with E-state index in [9.17, 15) is 19.5 Å². The maximum Gasteiger partial charge on any atom is 0.302 e. The highest BCUT2D eigenvalue weighted by molar-refractivity contribution is 5.96. The van der Waals surface area contributed by atoms with Crippen LogP contribution in [0.3, 0.4) is 0 Å². The van der Waals surface area contributed by atoms with Gasteiger partial charge in [0.2, 0.25) is 0 Å². The van der Waals surface area contributed by atoms with Crippen LogP contribution in [0.5, 0.6) is 0 Å². The van der Waals surface area contributed by atoms with Crippen LogP contribution >= 0.6 is 0 Å². The van der Waals surface area contributed by atoms with Crippen molar-refractivity contribution >= 4 is 17.7 Å². The highest BCUT2D eigenvalue weighted by Crippen LogP contribution is 2.21. The van der Waals surface area contributed by atoms with Crippen LogP contribution in [0, 0.1) is 0 Å². The highest BCUT2D eigenvalue weighted by atomic mass is 16.5. The maximum absolute atomic E-state index is 12.0. The summed E-state index contributed by atoms with van der Waals surface area (Å²) in [6, 6.07) is 15.6. The van der Waals surface area contributed by atoms with E-state index in [0.29, 0.717) is 32.5 Å². The Bertz CT molecular complexity index is 997. The Morgan fingerprint density at radius 3 is 1.57 bits per heavy atom. The summed E-state index contributed by atoms with van der Waals surface area (Å²) in [6.07, 6.45) is 14.4. The molecule has 2 rings (SSSR count). The van der Waals surface area contributed by atoms with Crippen molar-refractivity contribution in [2.24, 2.45) is 0 Å². The summed E-state index contributed by atoms with van der Waals surface area (Å²) in [5.74, 6) is -0.284. The number of rotatable bonds is 20. The fourth-order valence-electron chi connectivity index (χ4n) is 4.53. The molecule has 42 heavy (non-hydrogen) atoms. The van der Waals surface area contributed by atoms with Gasteiger partial charge in [-0.05, 0) is 29.5 Å². The lowest BCUT2D eigenvalue weighted by atomic mass is 10.0. The second-order valence-electron chi connectivity index (χ2n) is 10.9. The van der Waals surface area contributed by atoms with Crippen molar-refractivity contribution < 1.29 is 29.0 Å². The van der Waals surface area contributed by atoms with Gasteiger partial charge in [-0.2, -0.15) is 0 Å². The molecule has 0 heterocycles. The molecule has 0 spiro atoms. The van der Waals surface area contributed by atoms with Crippen LogP contribution in [0.25, 0.3) is 0 Å². The van der Waals surface area contributed by atoms with Crippen LogP contribution in [0.15, 0.2) is 48.5 Å². The van der Waals surface area contributed by atoms with Crippen LogP contribution in [-0.4, -0.2) is 36.0 Å². The first-order chi connectivity index (χ1) is 20.3. The average Bonchev–Trinajstić information content (AvgIpc) is 2.97. The van der Waals surface area contributed by atoms with Gasteiger partial charge in [0.15, 0.2) is 5.78 Å². The molecule has 0 aromatic heterocycles. The van der Waals surface area contributed by atoms with Gasteiger partial charge in [-0.15, -0.1) is 0 Å². The van der Waals surface area contributed by atoms with Crippen molar-refractivity contribution in [3.05, 3.63) is 70.8 Å². The second-order valence-corrected chi connectivity index (χ2v) is 10.9. The molecule has 1 atom stereocenters. The van der Waals surface area contributed by atoms with Gasteiger partial charge in [0.25, 0.3) is 0 Å². The largest absolute Gasteiger partial charge is 0.466 e. The molecule has 234 valence electrons. The van der Waals surface area contributed by atoms with Gasteiger partial charge in [-0.25, -0.2) is 0 Å². The maximum atomic E-state index is 12.0. The number of aliphatic hydroxyl groups excluding tert-OH is 1. The van der Waals surface area contributed by atoms with Crippen molar-refractivity contribution in [1.82, 2.24) is 0 Å². The zero-order chi connectivity index (χ0) is 31.0. The summed E-state index contributed by atoms with van der Waals surface area (Å²) in [5.41, 5.74) is 3.95. The van der Waals surface area contributed by atoms with Gasteiger partial charge >= 0.3 is 11.9 Å². The molecule has 0 radical (unpaired) electrons. The summed E-state index contributed by atoms with van der Waals surface area (Å²) in [5, 5.41) is 10.1. The van der Waals surface area contributed by atoms with E-state index in [1.807, 2.05) is 48.5 Å². The molecule has 0 saturated carbocycles. The first-order valence-corrected chi connectivity index (χ1v) is 15.9. The molecule has 0 fully saturated rings. The topological polar surface area (TPSA) is 89.9 Å². The van der Waals surface area contributed by atoms with Crippen molar-refractivity contribution in [2.45, 2.75) is 124 Å². The number of esters is 2. The third-order valence-electron chi connectivity index (χ3n) is 7.12. The van der Waals surface area contributed by atoms with Crippen LogP contribution < -0.4 is 0 Å². The smallest absolute Gasteiger partial charge is 0.302 e. The fourth-order valence-corrected chi connectivity index (χ4v) is 4.53. The van der Waals surface area contributed by atoms with E-state index < -0.39 is 0 Å². The monoisotopic (exact) mass is 582 g/mol. The first-order valence-electron chi connectivity index (χ1n) is 15.9. The second kappa shape index (κ2) is 23.6. The van der Waals surface area contributed by atoms with E-state index in [1.54, 1.807) is 0 Å². The molecule has 2 aromatic rings. The molecule has 1 unspecified atom stereocenters. The van der Waals surface area contributed by atoms with Crippen LogP contribution in [0.4, 0.5) is 0 Å². The predicted molar refractivity (Wildman–Crippen MR) is 170 cm³/mol. The van der Waals surface area contributed by atoms with Gasteiger partial charge in [0.05, 0.1) is 19.3 Å². The molecular weight excluding hydrogens is 528 g/mol. The average molecular weight is 583 g/mol. The molecule has 0 aliphatic rings. The van der Waals surface area contributed by atoms with E-state index in [4.69, 9.17) is 9.47 Å². The van der Waals surface area contributed by atoms with Crippen molar-refractivity contribution in [2.75, 3.05) is 13.2 Å². The van der Waals surface area contributed by atoms with Gasteiger partial charge in [-0.1, -0.05) is 120 Å². The number of unbranched alkanes of at least 4 members (excludes halogenated alkanes) is 8. The number of carbonyl (C=O) groups is 3. The lowest BCUT2D eigenvalue weighted by molar-refractivity contribution is -0.141. The van der Waals surface area contributed by atoms with E-state index in [0.717, 1.165) is 47.9 Å². The molecule has 0 saturated heterocycles. The van der Waals surface area contributed by atoms with E-state index in [1.165, 1.54) is 58.8 Å². The zero-order valence-corrected chi connectivity index (χ0v) is 26.5. The Balaban J connectivity index is 0.000000420. The Morgan fingerprint density at radius 1 is 0.643 bits per heavy atom. The SMILES string of the molecule is CCCCCCCC(=O)c1ccc(CCOC(C)=O)cc1.CCCCCCCC(O)c1ccc(CCOC(C)=O)cc1. The minimum atomic E-state index is -0.367. The molecule has 2 aromatic carbocycles. The third-order valence-corrected chi connectivity index (χ3v) is 7.12. The van der Waals surface area contributed by atoms with Crippen LogP contribution in [0.1, 0.15) is 138 Å². The number of Topliss-reactive ketones (excluding diaryl/α,β-unsaturated/α-hetero) is 1. The van der Waals surface area contributed by atoms with Crippen LogP contribution in [-0.2, 0) is 31.9 Å². The summed E-state index contributed by atoms with van der Waals surface area (Å²) >= 11 is 0. The first kappa shape index (κ1) is 37.0. The summed E-state index contributed by atoms with van der Waals surface area (Å²) < 4.78 is 9.82.